The van der Waals surface area contributed by atoms with Crippen LogP contribution >= 0.6 is 0 Å². The Labute approximate surface area is 78.1 Å². The molecule has 0 aromatic heterocycles. The van der Waals surface area contributed by atoms with Gasteiger partial charge in [-0.1, -0.05) is 6.92 Å². The van der Waals surface area contributed by atoms with Crippen LogP contribution in [0.15, 0.2) is 0 Å². The Balaban J connectivity index is 2.62. The summed E-state index contributed by atoms with van der Waals surface area (Å²) in [6, 6.07) is 0. The van der Waals surface area contributed by atoms with Crippen molar-refractivity contribution in [3.05, 3.63) is 0 Å². The van der Waals surface area contributed by atoms with Crippen LogP contribution in [0.4, 0.5) is 0 Å². The van der Waals surface area contributed by atoms with Crippen molar-refractivity contribution in [2.45, 2.75) is 45.6 Å². The van der Waals surface area contributed by atoms with Gasteiger partial charge >= 0.3 is 0 Å². The van der Waals surface area contributed by atoms with Gasteiger partial charge in [-0.15, -0.1) is 0 Å². The second-order valence-corrected chi connectivity index (χ2v) is 4.10. The zero-order valence-corrected chi connectivity index (χ0v) is 8.17. The molecule has 2 unspecified atom stereocenters. The van der Waals surface area contributed by atoms with Crippen molar-refractivity contribution < 1.29 is 14.7 Å². The molecule has 3 nitrogen and oxygen atoms in total. The molecule has 0 saturated heterocycles. The summed E-state index contributed by atoms with van der Waals surface area (Å²) in [6.07, 6.45) is 1.32. The highest BCUT2D eigenvalue weighted by Crippen LogP contribution is 2.38. The molecule has 74 valence electrons. The molecule has 3 heteroatoms. The molecule has 0 spiro atoms. The zero-order valence-electron chi connectivity index (χ0n) is 8.17. The predicted molar refractivity (Wildman–Crippen MR) is 48.3 cm³/mol. The average Bonchev–Trinajstić information content (AvgIpc) is 2.31. The molecule has 1 N–H and O–H groups in total. The van der Waals surface area contributed by atoms with Crippen LogP contribution in [0.5, 0.6) is 0 Å². The van der Waals surface area contributed by atoms with E-state index in [9.17, 15) is 14.7 Å². The molecule has 1 fully saturated rings. The monoisotopic (exact) mass is 184 g/mol. The summed E-state index contributed by atoms with van der Waals surface area (Å²) in [5.74, 6) is 0.175. The molecule has 0 aliphatic heterocycles. The zero-order chi connectivity index (χ0) is 10.1. The molecule has 13 heavy (non-hydrogen) atoms. The SMILES string of the molecule is CC(=O)CCC1(C)C(=O)CCC1O. The Hall–Kier alpha value is -0.700. The summed E-state index contributed by atoms with van der Waals surface area (Å²) < 4.78 is 0. The fraction of sp³-hybridized carbons (Fsp3) is 0.800. The minimum absolute atomic E-state index is 0.0770. The maximum atomic E-state index is 11.4. The van der Waals surface area contributed by atoms with Crippen LogP contribution < -0.4 is 0 Å². The predicted octanol–water partition coefficient (Wildman–Crippen LogP) is 1.09. The van der Waals surface area contributed by atoms with Crippen LogP contribution in [0.2, 0.25) is 0 Å². The second-order valence-electron chi connectivity index (χ2n) is 4.10. The van der Waals surface area contributed by atoms with Gasteiger partial charge in [-0.05, 0) is 19.8 Å². The van der Waals surface area contributed by atoms with E-state index in [0.29, 0.717) is 25.7 Å². The first-order valence-corrected chi connectivity index (χ1v) is 4.67. The summed E-state index contributed by atoms with van der Waals surface area (Å²) in [5, 5.41) is 9.60. The van der Waals surface area contributed by atoms with E-state index in [1.807, 2.05) is 0 Å². The Morgan fingerprint density at radius 3 is 2.69 bits per heavy atom. The van der Waals surface area contributed by atoms with E-state index in [-0.39, 0.29) is 11.6 Å². The summed E-state index contributed by atoms with van der Waals surface area (Å²) in [4.78, 5) is 22.2. The van der Waals surface area contributed by atoms with Crippen molar-refractivity contribution in [3.8, 4) is 0 Å². The van der Waals surface area contributed by atoms with Crippen molar-refractivity contribution in [1.82, 2.24) is 0 Å². The minimum atomic E-state index is -0.661. The van der Waals surface area contributed by atoms with Crippen molar-refractivity contribution in [2.24, 2.45) is 5.41 Å². The third kappa shape index (κ3) is 1.97. The van der Waals surface area contributed by atoms with Crippen molar-refractivity contribution in [1.29, 1.82) is 0 Å². The maximum Gasteiger partial charge on any atom is 0.141 e. The first-order chi connectivity index (χ1) is 5.97. The van der Waals surface area contributed by atoms with Gasteiger partial charge in [0.1, 0.15) is 11.6 Å². The van der Waals surface area contributed by atoms with Gasteiger partial charge in [0.15, 0.2) is 0 Å². The smallest absolute Gasteiger partial charge is 0.141 e. The highest BCUT2D eigenvalue weighted by molar-refractivity contribution is 5.88. The van der Waals surface area contributed by atoms with Crippen LogP contribution in [0.3, 0.4) is 0 Å². The molecular weight excluding hydrogens is 168 g/mol. The van der Waals surface area contributed by atoms with Crippen molar-refractivity contribution in [3.63, 3.8) is 0 Å². The van der Waals surface area contributed by atoms with E-state index < -0.39 is 11.5 Å². The topological polar surface area (TPSA) is 54.4 Å². The number of ketones is 2. The third-order valence-corrected chi connectivity index (χ3v) is 3.01. The van der Waals surface area contributed by atoms with Crippen LogP contribution in [-0.2, 0) is 9.59 Å². The molecule has 1 aliphatic rings. The molecular formula is C10H16O3. The number of carbonyl (C=O) groups excluding carboxylic acids is 2. The lowest BCUT2D eigenvalue weighted by Crippen LogP contribution is -2.33. The lowest BCUT2D eigenvalue weighted by molar-refractivity contribution is -0.129. The molecule has 0 aromatic carbocycles. The number of aliphatic hydroxyl groups excluding tert-OH is 1. The van der Waals surface area contributed by atoms with Gasteiger partial charge in [-0.2, -0.15) is 0 Å². The van der Waals surface area contributed by atoms with Crippen LogP contribution in [0.25, 0.3) is 0 Å². The fourth-order valence-electron chi connectivity index (χ4n) is 1.80. The Bertz CT molecular complexity index is 234. The van der Waals surface area contributed by atoms with Crippen LogP contribution in [0, 0.1) is 5.41 Å². The molecule has 1 rings (SSSR count). The Kier molecular flexibility index (Phi) is 2.86. The van der Waals surface area contributed by atoms with E-state index in [4.69, 9.17) is 0 Å². The average molecular weight is 184 g/mol. The quantitative estimate of drug-likeness (QED) is 0.714. The van der Waals surface area contributed by atoms with Gasteiger partial charge < -0.3 is 9.90 Å². The molecule has 1 saturated carbocycles. The first kappa shape index (κ1) is 10.4. The highest BCUT2D eigenvalue weighted by atomic mass is 16.3. The summed E-state index contributed by atoms with van der Waals surface area (Å²) >= 11 is 0. The molecule has 0 amide bonds. The third-order valence-electron chi connectivity index (χ3n) is 3.01. The van der Waals surface area contributed by atoms with Crippen LogP contribution in [0.1, 0.15) is 39.5 Å². The van der Waals surface area contributed by atoms with E-state index in [2.05, 4.69) is 0 Å². The number of rotatable bonds is 3. The summed E-state index contributed by atoms with van der Waals surface area (Å²) in [6.45, 7) is 3.27. The van der Waals surface area contributed by atoms with Crippen molar-refractivity contribution >= 4 is 11.6 Å². The molecule has 2 atom stereocenters. The van der Waals surface area contributed by atoms with Gasteiger partial charge in [0, 0.05) is 12.8 Å². The number of Topliss-reactive ketones (excluding diaryl/α,β-unsaturated/α-hetero) is 2. The molecule has 0 bridgehead atoms. The Morgan fingerprint density at radius 1 is 1.69 bits per heavy atom. The number of hydrogen-bond acceptors (Lipinski definition) is 3. The number of aliphatic hydroxyl groups is 1. The van der Waals surface area contributed by atoms with Crippen molar-refractivity contribution in [2.75, 3.05) is 0 Å². The first-order valence-electron chi connectivity index (χ1n) is 4.67. The van der Waals surface area contributed by atoms with Gasteiger partial charge in [-0.25, -0.2) is 0 Å². The second kappa shape index (κ2) is 3.58. The van der Waals surface area contributed by atoms with Gasteiger partial charge in [0.05, 0.1) is 11.5 Å². The number of hydrogen-bond donors (Lipinski definition) is 1. The van der Waals surface area contributed by atoms with Crippen LogP contribution in [-0.4, -0.2) is 22.8 Å². The standard InChI is InChI=1S/C10H16O3/c1-7(11)5-6-10(2)8(12)3-4-9(10)13/h8,12H,3-6H2,1-2H3. The summed E-state index contributed by atoms with van der Waals surface area (Å²) in [5.41, 5.74) is -0.661. The van der Waals surface area contributed by atoms with E-state index in [1.165, 1.54) is 6.92 Å². The lowest BCUT2D eigenvalue weighted by atomic mass is 9.80. The molecule has 0 radical (unpaired) electrons. The number of carbonyl (C=O) groups is 2. The van der Waals surface area contributed by atoms with E-state index >= 15 is 0 Å². The summed E-state index contributed by atoms with van der Waals surface area (Å²) in [7, 11) is 0. The molecule has 1 aliphatic carbocycles. The van der Waals surface area contributed by atoms with Gasteiger partial charge in [0.25, 0.3) is 0 Å². The maximum absolute atomic E-state index is 11.4. The lowest BCUT2D eigenvalue weighted by Gasteiger charge is -2.25. The molecule has 0 heterocycles. The normalized spacial score (nSPS) is 33.8. The highest BCUT2D eigenvalue weighted by Gasteiger charge is 2.44. The van der Waals surface area contributed by atoms with E-state index in [1.54, 1.807) is 6.92 Å². The Morgan fingerprint density at radius 2 is 2.31 bits per heavy atom. The van der Waals surface area contributed by atoms with E-state index in [0.717, 1.165) is 0 Å². The van der Waals surface area contributed by atoms with Gasteiger partial charge in [-0.3, -0.25) is 4.79 Å². The minimum Gasteiger partial charge on any atom is -0.392 e. The largest absolute Gasteiger partial charge is 0.392 e. The fourth-order valence-corrected chi connectivity index (χ4v) is 1.80. The molecule has 0 aromatic rings. The van der Waals surface area contributed by atoms with Gasteiger partial charge in [0.2, 0.25) is 0 Å².